The Bertz CT molecular complexity index is 1010. The first-order valence-corrected chi connectivity index (χ1v) is 10.5. The lowest BCUT2D eigenvalue weighted by atomic mass is 10.0. The number of nitrogens with one attached hydrogen (secondary N) is 1. The van der Waals surface area contributed by atoms with Gasteiger partial charge in [-0.15, -0.1) is 0 Å². The van der Waals surface area contributed by atoms with Crippen LogP contribution in [0.2, 0.25) is 0 Å². The molecule has 154 valence electrons. The first-order valence-electron chi connectivity index (χ1n) is 9.32. The van der Waals surface area contributed by atoms with E-state index in [2.05, 4.69) is 30.6 Å². The average molecular weight is 416 g/mol. The Morgan fingerprint density at radius 3 is 2.66 bits per heavy atom. The number of rotatable bonds is 5. The molecule has 0 spiro atoms. The van der Waals surface area contributed by atoms with Gasteiger partial charge >= 0.3 is 0 Å². The van der Waals surface area contributed by atoms with Gasteiger partial charge in [0.2, 0.25) is 0 Å². The van der Waals surface area contributed by atoms with Crippen LogP contribution in [0.5, 0.6) is 0 Å². The van der Waals surface area contributed by atoms with Crippen molar-refractivity contribution in [2.75, 3.05) is 35.9 Å². The lowest BCUT2D eigenvalue weighted by molar-refractivity contribution is 0.122. The van der Waals surface area contributed by atoms with Crippen molar-refractivity contribution >= 4 is 33.4 Å². The third-order valence-electron chi connectivity index (χ3n) is 4.64. The first kappa shape index (κ1) is 21.1. The van der Waals surface area contributed by atoms with Crippen LogP contribution in [0.1, 0.15) is 13.8 Å². The van der Waals surface area contributed by atoms with E-state index in [1.807, 2.05) is 38.2 Å². The fourth-order valence-electron chi connectivity index (χ4n) is 3.14. The number of nitrogens with zero attached hydrogens (tertiary/aromatic N) is 4. The molecule has 0 radical (unpaired) electrons. The number of anilines is 2. The van der Waals surface area contributed by atoms with Gasteiger partial charge in [0.15, 0.2) is 0 Å². The molecule has 0 saturated carbocycles. The number of pyridine rings is 1. The number of morpholine rings is 1. The molecule has 9 heteroatoms. The Balaban J connectivity index is 0.00000240. The fourth-order valence-corrected chi connectivity index (χ4v) is 3.72. The molecule has 1 fully saturated rings. The van der Waals surface area contributed by atoms with Gasteiger partial charge in [-0.3, -0.25) is 4.98 Å². The normalized spacial score (nSPS) is 15.2. The SMILES string of the molecule is CC(C)S(=O)Nc1cncc(-c2ccc3ncnc(N4CCOCC4)c3c2)c1.O. The van der Waals surface area contributed by atoms with Crippen LogP contribution in [0.3, 0.4) is 0 Å². The average Bonchev–Trinajstić information content (AvgIpc) is 2.73. The summed E-state index contributed by atoms with van der Waals surface area (Å²) < 4.78 is 20.6. The summed E-state index contributed by atoms with van der Waals surface area (Å²) in [6.07, 6.45) is 5.11. The standard InChI is InChI=1S/C20H23N5O2S.H2O/c1-14(2)28(26)24-17-9-16(11-21-12-17)15-3-4-19-18(10-15)20(23-13-22-19)25-5-7-27-8-6-25;/h3-4,9-14,24H,5-8H2,1-2H3;1H2. The highest BCUT2D eigenvalue weighted by molar-refractivity contribution is 7.86. The van der Waals surface area contributed by atoms with Gasteiger partial charge in [0, 0.05) is 35.5 Å². The second-order valence-electron chi connectivity index (χ2n) is 6.94. The van der Waals surface area contributed by atoms with E-state index in [1.165, 1.54) is 0 Å². The monoisotopic (exact) mass is 415 g/mol. The highest BCUT2D eigenvalue weighted by Crippen LogP contribution is 2.29. The van der Waals surface area contributed by atoms with Gasteiger partial charge in [0.05, 0.1) is 30.6 Å². The molecule has 1 atom stereocenters. The van der Waals surface area contributed by atoms with Crippen LogP contribution in [0.4, 0.5) is 11.5 Å². The largest absolute Gasteiger partial charge is 0.412 e. The summed E-state index contributed by atoms with van der Waals surface area (Å²) in [6.45, 7) is 6.87. The van der Waals surface area contributed by atoms with Crippen LogP contribution in [-0.2, 0) is 15.7 Å². The molecule has 1 aromatic carbocycles. The highest BCUT2D eigenvalue weighted by atomic mass is 32.2. The number of benzene rings is 1. The fraction of sp³-hybridized carbons (Fsp3) is 0.350. The molecule has 3 aromatic rings. The zero-order valence-electron chi connectivity index (χ0n) is 16.5. The molecule has 1 aliphatic rings. The van der Waals surface area contributed by atoms with E-state index in [-0.39, 0.29) is 10.7 Å². The maximum atomic E-state index is 12.1. The molecule has 3 heterocycles. The van der Waals surface area contributed by atoms with E-state index in [9.17, 15) is 4.21 Å². The smallest absolute Gasteiger partial charge is 0.140 e. The van der Waals surface area contributed by atoms with Crippen molar-refractivity contribution in [1.82, 2.24) is 15.0 Å². The molecule has 1 aliphatic heterocycles. The van der Waals surface area contributed by atoms with Gasteiger partial charge in [-0.25, -0.2) is 14.2 Å². The van der Waals surface area contributed by atoms with Crippen molar-refractivity contribution in [1.29, 1.82) is 0 Å². The lowest BCUT2D eigenvalue weighted by Gasteiger charge is -2.28. The predicted octanol–water partition coefficient (Wildman–Crippen LogP) is 2.19. The first-order chi connectivity index (χ1) is 13.6. The van der Waals surface area contributed by atoms with Crippen molar-refractivity contribution < 1.29 is 14.4 Å². The topological polar surface area (TPSA) is 112 Å². The van der Waals surface area contributed by atoms with Crippen molar-refractivity contribution in [3.63, 3.8) is 0 Å². The van der Waals surface area contributed by atoms with Crippen molar-refractivity contribution in [2.45, 2.75) is 19.1 Å². The van der Waals surface area contributed by atoms with Crippen LogP contribution < -0.4 is 9.62 Å². The Morgan fingerprint density at radius 2 is 1.90 bits per heavy atom. The lowest BCUT2D eigenvalue weighted by Crippen LogP contribution is -2.36. The molecule has 0 amide bonds. The minimum Gasteiger partial charge on any atom is -0.412 e. The number of ether oxygens (including phenoxy) is 1. The van der Waals surface area contributed by atoms with E-state index < -0.39 is 11.0 Å². The van der Waals surface area contributed by atoms with Crippen molar-refractivity contribution in [3.05, 3.63) is 43.0 Å². The van der Waals surface area contributed by atoms with Gasteiger partial charge in [0.1, 0.15) is 23.1 Å². The molecule has 0 aliphatic carbocycles. The molecule has 1 unspecified atom stereocenters. The van der Waals surface area contributed by atoms with E-state index in [1.54, 1.807) is 12.5 Å². The second kappa shape index (κ2) is 9.25. The van der Waals surface area contributed by atoms with Crippen LogP contribution >= 0.6 is 0 Å². The van der Waals surface area contributed by atoms with Crippen molar-refractivity contribution in [2.24, 2.45) is 0 Å². The Labute approximate surface area is 172 Å². The van der Waals surface area contributed by atoms with E-state index in [0.717, 1.165) is 46.6 Å². The van der Waals surface area contributed by atoms with E-state index >= 15 is 0 Å². The second-order valence-corrected chi connectivity index (χ2v) is 8.68. The summed E-state index contributed by atoms with van der Waals surface area (Å²) in [6, 6.07) is 8.09. The minimum absolute atomic E-state index is 0. The number of hydrogen-bond acceptors (Lipinski definition) is 6. The Hall–Kier alpha value is -2.62. The predicted molar refractivity (Wildman–Crippen MR) is 116 cm³/mol. The number of aromatic nitrogens is 3. The van der Waals surface area contributed by atoms with Crippen LogP contribution in [0, 0.1) is 0 Å². The minimum atomic E-state index is -1.15. The van der Waals surface area contributed by atoms with Crippen molar-refractivity contribution in [3.8, 4) is 11.1 Å². The molecule has 4 rings (SSSR count). The molecule has 0 bridgehead atoms. The molecule has 3 N–H and O–H groups in total. The quantitative estimate of drug-likeness (QED) is 0.684. The van der Waals surface area contributed by atoms with Gasteiger partial charge in [-0.05, 0) is 37.6 Å². The summed E-state index contributed by atoms with van der Waals surface area (Å²) in [4.78, 5) is 15.5. The Kier molecular flexibility index (Phi) is 6.73. The summed E-state index contributed by atoms with van der Waals surface area (Å²) >= 11 is 0. The summed E-state index contributed by atoms with van der Waals surface area (Å²) in [5.74, 6) is 0.929. The van der Waals surface area contributed by atoms with Crippen LogP contribution in [0.25, 0.3) is 22.0 Å². The maximum Gasteiger partial charge on any atom is 0.140 e. The molecule has 1 saturated heterocycles. The zero-order chi connectivity index (χ0) is 19.5. The molecule has 2 aromatic heterocycles. The third-order valence-corrected chi connectivity index (χ3v) is 5.94. The van der Waals surface area contributed by atoms with Crippen LogP contribution in [-0.4, -0.2) is 56.2 Å². The maximum absolute atomic E-state index is 12.1. The highest BCUT2D eigenvalue weighted by Gasteiger charge is 2.16. The number of hydrogen-bond donors (Lipinski definition) is 1. The van der Waals surface area contributed by atoms with Gasteiger partial charge < -0.3 is 19.8 Å². The van der Waals surface area contributed by atoms with Gasteiger partial charge in [0.25, 0.3) is 0 Å². The molecule has 29 heavy (non-hydrogen) atoms. The van der Waals surface area contributed by atoms with Gasteiger partial charge in [-0.1, -0.05) is 6.07 Å². The van der Waals surface area contributed by atoms with Crippen LogP contribution in [0.15, 0.2) is 43.0 Å². The van der Waals surface area contributed by atoms with E-state index in [4.69, 9.17) is 4.74 Å². The zero-order valence-corrected chi connectivity index (χ0v) is 17.3. The van der Waals surface area contributed by atoms with E-state index in [0.29, 0.717) is 13.2 Å². The summed E-state index contributed by atoms with van der Waals surface area (Å²) in [7, 11) is -1.15. The van der Waals surface area contributed by atoms with Gasteiger partial charge in [-0.2, -0.15) is 0 Å². The third kappa shape index (κ3) is 4.69. The molecular weight excluding hydrogens is 390 g/mol. The Morgan fingerprint density at radius 1 is 1.10 bits per heavy atom. The molecule has 8 nitrogen and oxygen atoms in total. The number of fused-ring (bicyclic) bond motifs is 1. The summed E-state index contributed by atoms with van der Waals surface area (Å²) in [5.41, 5.74) is 3.61. The summed E-state index contributed by atoms with van der Waals surface area (Å²) in [5, 5.41) is 1.03. The molecular formula is C20H25N5O3S.